The SMILES string of the molecule is O=C(Cc1ccc(Oc2ccc(OC3CCC(NC(=O)c4ccc(Cl)o4)CC3)cc2)cc1)Nc1ccccc1C(=O)O. The molecule has 1 fully saturated rings. The van der Waals surface area contributed by atoms with Crippen molar-refractivity contribution >= 4 is 35.1 Å². The molecule has 0 unspecified atom stereocenters. The number of ether oxygens (including phenoxy) is 2. The second kappa shape index (κ2) is 13.3. The molecule has 42 heavy (non-hydrogen) atoms. The number of carboxylic acids is 1. The normalized spacial score (nSPS) is 16.3. The van der Waals surface area contributed by atoms with Crippen molar-refractivity contribution in [2.24, 2.45) is 0 Å². The number of nitrogens with one attached hydrogen (secondary N) is 2. The molecule has 0 aliphatic heterocycles. The van der Waals surface area contributed by atoms with Gasteiger partial charge in [-0.3, -0.25) is 9.59 Å². The van der Waals surface area contributed by atoms with Gasteiger partial charge < -0.3 is 29.6 Å². The zero-order valence-corrected chi connectivity index (χ0v) is 23.3. The lowest BCUT2D eigenvalue weighted by Crippen LogP contribution is -2.39. The van der Waals surface area contributed by atoms with Crippen molar-refractivity contribution in [2.75, 3.05) is 5.32 Å². The van der Waals surface area contributed by atoms with Gasteiger partial charge in [0.25, 0.3) is 5.91 Å². The minimum absolute atomic E-state index is 0.0387. The molecular formula is C32H29ClN2O7. The lowest BCUT2D eigenvalue weighted by Gasteiger charge is -2.29. The van der Waals surface area contributed by atoms with E-state index in [4.69, 9.17) is 25.5 Å². The summed E-state index contributed by atoms with van der Waals surface area (Å²) in [6.45, 7) is 0. The fraction of sp³-hybridized carbons (Fsp3) is 0.219. The first kappa shape index (κ1) is 28.8. The van der Waals surface area contributed by atoms with Crippen molar-refractivity contribution in [3.8, 4) is 17.2 Å². The maximum absolute atomic E-state index is 12.4. The molecular weight excluding hydrogens is 560 g/mol. The van der Waals surface area contributed by atoms with Gasteiger partial charge >= 0.3 is 5.97 Å². The fourth-order valence-corrected chi connectivity index (χ4v) is 4.91. The maximum Gasteiger partial charge on any atom is 0.337 e. The molecule has 5 rings (SSSR count). The lowest BCUT2D eigenvalue weighted by atomic mass is 9.93. The van der Waals surface area contributed by atoms with Crippen LogP contribution >= 0.6 is 11.6 Å². The van der Waals surface area contributed by atoms with E-state index >= 15 is 0 Å². The maximum atomic E-state index is 12.4. The summed E-state index contributed by atoms with van der Waals surface area (Å²) in [5.41, 5.74) is 1.06. The molecule has 0 spiro atoms. The lowest BCUT2D eigenvalue weighted by molar-refractivity contribution is -0.115. The van der Waals surface area contributed by atoms with Crippen LogP contribution in [-0.2, 0) is 11.2 Å². The molecule has 1 aliphatic carbocycles. The molecule has 0 radical (unpaired) electrons. The monoisotopic (exact) mass is 588 g/mol. The first-order chi connectivity index (χ1) is 20.3. The largest absolute Gasteiger partial charge is 0.490 e. The Morgan fingerprint density at radius 2 is 1.48 bits per heavy atom. The Kier molecular flexibility index (Phi) is 9.08. The molecule has 10 heteroatoms. The summed E-state index contributed by atoms with van der Waals surface area (Å²) in [7, 11) is 0. The Bertz CT molecular complexity index is 1540. The number of para-hydroxylation sites is 1. The standard InChI is InChI=1S/C32H29ClN2O7/c33-29-18-17-28(42-29)31(37)34-21-7-11-23(12-8-21)41-25-15-13-24(14-16-25)40-22-9-5-20(6-10-22)19-30(36)35-27-4-2-1-3-26(27)32(38)39/h1-6,9-10,13-18,21,23H,7-8,11-12,19H2,(H,34,37)(H,35,36)(H,38,39). The number of hydrogen-bond acceptors (Lipinski definition) is 6. The smallest absolute Gasteiger partial charge is 0.337 e. The number of rotatable bonds is 10. The Hall–Kier alpha value is -4.76. The van der Waals surface area contributed by atoms with E-state index in [-0.39, 0.29) is 52.6 Å². The van der Waals surface area contributed by atoms with Gasteiger partial charge in [0.15, 0.2) is 11.0 Å². The average Bonchev–Trinajstić information content (AvgIpc) is 3.43. The van der Waals surface area contributed by atoms with Crippen LogP contribution in [0.4, 0.5) is 5.69 Å². The average molecular weight is 589 g/mol. The van der Waals surface area contributed by atoms with Crippen molar-refractivity contribution in [2.45, 2.75) is 44.2 Å². The van der Waals surface area contributed by atoms with Crippen LogP contribution in [0.3, 0.4) is 0 Å². The molecule has 3 aromatic carbocycles. The molecule has 2 amide bonds. The minimum atomic E-state index is -1.10. The minimum Gasteiger partial charge on any atom is -0.490 e. The van der Waals surface area contributed by atoms with E-state index in [9.17, 15) is 19.5 Å². The summed E-state index contributed by atoms with van der Waals surface area (Å²) in [6.07, 6.45) is 3.40. The quantitative estimate of drug-likeness (QED) is 0.187. The van der Waals surface area contributed by atoms with Crippen LogP contribution in [0.2, 0.25) is 5.22 Å². The van der Waals surface area contributed by atoms with Gasteiger partial charge in [0.05, 0.1) is 23.8 Å². The van der Waals surface area contributed by atoms with Crippen molar-refractivity contribution in [3.63, 3.8) is 0 Å². The third kappa shape index (κ3) is 7.70. The zero-order valence-electron chi connectivity index (χ0n) is 22.5. The highest BCUT2D eigenvalue weighted by Gasteiger charge is 2.25. The summed E-state index contributed by atoms with van der Waals surface area (Å²) >= 11 is 5.75. The molecule has 1 saturated carbocycles. The molecule has 1 heterocycles. The van der Waals surface area contributed by atoms with Crippen LogP contribution in [0, 0.1) is 0 Å². The number of anilines is 1. The van der Waals surface area contributed by atoms with E-state index < -0.39 is 5.97 Å². The highest BCUT2D eigenvalue weighted by atomic mass is 35.5. The number of amides is 2. The first-order valence-electron chi connectivity index (χ1n) is 13.5. The number of aromatic carboxylic acids is 1. The molecule has 3 N–H and O–H groups in total. The van der Waals surface area contributed by atoms with E-state index in [1.54, 1.807) is 54.6 Å². The number of carboxylic acid groups (broad SMARTS) is 1. The predicted molar refractivity (Wildman–Crippen MR) is 157 cm³/mol. The number of halogens is 1. The second-order valence-corrected chi connectivity index (χ2v) is 10.3. The van der Waals surface area contributed by atoms with Gasteiger partial charge in [0, 0.05) is 6.04 Å². The summed E-state index contributed by atoms with van der Waals surface area (Å²) < 4.78 is 17.2. The Morgan fingerprint density at radius 3 is 2.12 bits per heavy atom. The van der Waals surface area contributed by atoms with E-state index in [2.05, 4.69) is 10.6 Å². The van der Waals surface area contributed by atoms with Crippen LogP contribution < -0.4 is 20.1 Å². The topological polar surface area (TPSA) is 127 Å². The van der Waals surface area contributed by atoms with Gasteiger partial charge in [-0.2, -0.15) is 0 Å². The molecule has 1 aromatic heterocycles. The molecule has 9 nitrogen and oxygen atoms in total. The van der Waals surface area contributed by atoms with E-state index in [0.29, 0.717) is 11.5 Å². The zero-order chi connectivity index (χ0) is 29.5. The molecule has 216 valence electrons. The second-order valence-electron chi connectivity index (χ2n) is 9.96. The predicted octanol–water partition coefficient (Wildman–Crippen LogP) is 6.72. The third-order valence-corrected chi connectivity index (χ3v) is 7.09. The number of carbonyl (C=O) groups is 3. The Labute approximate surface area is 247 Å². The van der Waals surface area contributed by atoms with Crippen LogP contribution in [0.1, 0.15) is 52.2 Å². The van der Waals surface area contributed by atoms with Crippen LogP contribution in [0.25, 0.3) is 0 Å². The van der Waals surface area contributed by atoms with E-state index in [1.165, 1.54) is 6.07 Å². The van der Waals surface area contributed by atoms with Crippen molar-refractivity contribution in [1.29, 1.82) is 0 Å². The molecule has 0 bridgehead atoms. The van der Waals surface area contributed by atoms with E-state index in [1.807, 2.05) is 24.3 Å². The number of hydrogen-bond donors (Lipinski definition) is 3. The Morgan fingerprint density at radius 1 is 0.833 bits per heavy atom. The van der Waals surface area contributed by atoms with Gasteiger partial charge in [-0.05, 0) is 104 Å². The Balaban J connectivity index is 1.06. The third-order valence-electron chi connectivity index (χ3n) is 6.89. The summed E-state index contributed by atoms with van der Waals surface area (Å²) in [5.74, 6) is 0.525. The van der Waals surface area contributed by atoms with Crippen LogP contribution in [0.15, 0.2) is 89.3 Å². The summed E-state index contributed by atoms with van der Waals surface area (Å²) in [5, 5.41) is 15.1. The molecule has 0 atom stereocenters. The summed E-state index contributed by atoms with van der Waals surface area (Å²) in [4.78, 5) is 36.1. The summed E-state index contributed by atoms with van der Waals surface area (Å²) in [6, 6.07) is 23.9. The number of benzene rings is 3. The van der Waals surface area contributed by atoms with Gasteiger partial charge in [0.2, 0.25) is 5.91 Å². The molecule has 4 aromatic rings. The van der Waals surface area contributed by atoms with Gasteiger partial charge in [-0.25, -0.2) is 4.79 Å². The van der Waals surface area contributed by atoms with Crippen molar-refractivity contribution < 1.29 is 33.4 Å². The highest BCUT2D eigenvalue weighted by Crippen LogP contribution is 2.28. The van der Waals surface area contributed by atoms with Crippen molar-refractivity contribution in [1.82, 2.24) is 5.32 Å². The first-order valence-corrected chi connectivity index (χ1v) is 13.9. The highest BCUT2D eigenvalue weighted by molar-refractivity contribution is 6.29. The number of furan rings is 1. The van der Waals surface area contributed by atoms with Crippen molar-refractivity contribution in [3.05, 3.63) is 107 Å². The fourth-order valence-electron chi connectivity index (χ4n) is 4.77. The van der Waals surface area contributed by atoms with Gasteiger partial charge in [-0.1, -0.05) is 24.3 Å². The molecule has 0 saturated heterocycles. The van der Waals surface area contributed by atoms with Crippen LogP contribution in [-0.4, -0.2) is 35.0 Å². The number of carbonyl (C=O) groups excluding carboxylic acids is 2. The molecule has 1 aliphatic rings. The van der Waals surface area contributed by atoms with E-state index in [0.717, 1.165) is 37.0 Å². The van der Waals surface area contributed by atoms with Crippen LogP contribution in [0.5, 0.6) is 17.2 Å². The van der Waals surface area contributed by atoms with Gasteiger partial charge in [-0.15, -0.1) is 0 Å². The van der Waals surface area contributed by atoms with Gasteiger partial charge in [0.1, 0.15) is 17.2 Å².